The molecular formula is C7H8N2O2. The number of rotatable bonds is 2. The fraction of sp³-hybridized carbons (Fsp3) is 0.286. The molecule has 0 atom stereocenters. The van der Waals surface area contributed by atoms with Gasteiger partial charge in [-0.05, 0) is 6.92 Å². The molecule has 0 fully saturated rings. The first kappa shape index (κ1) is 7.65. The van der Waals surface area contributed by atoms with Crippen LogP contribution in [0.4, 0.5) is 0 Å². The lowest BCUT2D eigenvalue weighted by molar-refractivity contribution is -0.107. The second-order valence-corrected chi connectivity index (χ2v) is 2.12. The fourth-order valence-electron chi connectivity index (χ4n) is 0.740. The topological polar surface area (TPSA) is 63.1 Å². The number of hydrogen-bond donors (Lipinski definition) is 1. The minimum absolute atomic E-state index is 0.0253. The highest BCUT2D eigenvalue weighted by atomic mass is 16.3. The number of aromatic nitrogens is 2. The molecule has 1 rings (SSSR count). The Morgan fingerprint density at radius 1 is 1.73 bits per heavy atom. The number of carbonyl (C=O) groups excluding carboxylic acids is 1. The maximum absolute atomic E-state index is 10.1. The van der Waals surface area contributed by atoms with Gasteiger partial charge in [-0.25, -0.2) is 9.97 Å². The highest BCUT2D eigenvalue weighted by Gasteiger charge is 2.01. The Hall–Kier alpha value is -1.45. The van der Waals surface area contributed by atoms with E-state index < -0.39 is 0 Å². The van der Waals surface area contributed by atoms with Gasteiger partial charge in [0.2, 0.25) is 0 Å². The Bertz CT molecular complexity index is 273. The Balaban J connectivity index is 3.01. The standard InChI is InChI=1S/C7H8N2O2/c1-5-8-4-7(11)6(9-5)2-3-10/h3-4,11H,2H2,1H3. The van der Waals surface area contributed by atoms with Gasteiger partial charge < -0.3 is 9.90 Å². The van der Waals surface area contributed by atoms with E-state index in [-0.39, 0.29) is 12.2 Å². The van der Waals surface area contributed by atoms with Crippen LogP contribution in [0.1, 0.15) is 11.5 Å². The predicted octanol–water partition coefficient (Wildman–Crippen LogP) is 0.232. The van der Waals surface area contributed by atoms with Crippen molar-refractivity contribution in [1.29, 1.82) is 0 Å². The number of aromatic hydroxyl groups is 1. The Kier molecular flexibility index (Phi) is 2.15. The average molecular weight is 152 g/mol. The molecule has 0 aliphatic heterocycles. The molecular weight excluding hydrogens is 144 g/mol. The van der Waals surface area contributed by atoms with Crippen LogP contribution in [-0.4, -0.2) is 21.4 Å². The summed E-state index contributed by atoms with van der Waals surface area (Å²) >= 11 is 0. The van der Waals surface area contributed by atoms with Gasteiger partial charge in [0, 0.05) is 6.42 Å². The largest absolute Gasteiger partial charge is 0.504 e. The monoisotopic (exact) mass is 152 g/mol. The highest BCUT2D eigenvalue weighted by Crippen LogP contribution is 2.11. The van der Waals surface area contributed by atoms with E-state index in [0.717, 1.165) is 0 Å². The summed E-state index contributed by atoms with van der Waals surface area (Å²) in [6, 6.07) is 0. The summed E-state index contributed by atoms with van der Waals surface area (Å²) in [4.78, 5) is 17.7. The summed E-state index contributed by atoms with van der Waals surface area (Å²) in [5.41, 5.74) is 0.382. The molecule has 0 amide bonds. The molecule has 1 heterocycles. The minimum Gasteiger partial charge on any atom is -0.504 e. The molecule has 0 aliphatic rings. The number of aryl methyl sites for hydroxylation is 1. The van der Waals surface area contributed by atoms with Crippen LogP contribution in [-0.2, 0) is 11.2 Å². The molecule has 1 aromatic heterocycles. The molecule has 0 aliphatic carbocycles. The van der Waals surface area contributed by atoms with Crippen LogP contribution >= 0.6 is 0 Å². The quantitative estimate of drug-likeness (QED) is 0.616. The summed E-state index contributed by atoms with van der Waals surface area (Å²) in [6.07, 6.45) is 2.12. The molecule has 0 aromatic carbocycles. The van der Waals surface area contributed by atoms with Crippen molar-refractivity contribution in [2.24, 2.45) is 0 Å². The molecule has 0 radical (unpaired) electrons. The zero-order valence-corrected chi connectivity index (χ0v) is 6.11. The lowest BCUT2D eigenvalue weighted by atomic mass is 10.3. The van der Waals surface area contributed by atoms with Gasteiger partial charge in [-0.2, -0.15) is 0 Å². The van der Waals surface area contributed by atoms with Crippen LogP contribution < -0.4 is 0 Å². The summed E-state index contributed by atoms with van der Waals surface area (Å²) in [7, 11) is 0. The van der Waals surface area contributed by atoms with Crippen LogP contribution in [0.15, 0.2) is 6.20 Å². The van der Waals surface area contributed by atoms with E-state index in [0.29, 0.717) is 17.8 Å². The van der Waals surface area contributed by atoms with Gasteiger partial charge in [-0.3, -0.25) is 0 Å². The second-order valence-electron chi connectivity index (χ2n) is 2.12. The minimum atomic E-state index is -0.0253. The van der Waals surface area contributed by atoms with E-state index in [2.05, 4.69) is 9.97 Å². The van der Waals surface area contributed by atoms with Crippen molar-refractivity contribution in [2.45, 2.75) is 13.3 Å². The SMILES string of the molecule is Cc1ncc(O)c(CC=O)n1. The maximum atomic E-state index is 10.1. The summed E-state index contributed by atoms with van der Waals surface area (Å²) in [5, 5.41) is 9.08. The smallest absolute Gasteiger partial charge is 0.155 e. The maximum Gasteiger partial charge on any atom is 0.155 e. The van der Waals surface area contributed by atoms with E-state index in [1.165, 1.54) is 6.20 Å². The van der Waals surface area contributed by atoms with Gasteiger partial charge in [0.1, 0.15) is 12.1 Å². The van der Waals surface area contributed by atoms with E-state index in [4.69, 9.17) is 5.11 Å². The van der Waals surface area contributed by atoms with Crippen molar-refractivity contribution in [3.8, 4) is 5.75 Å². The molecule has 0 saturated heterocycles. The van der Waals surface area contributed by atoms with Crippen molar-refractivity contribution in [2.75, 3.05) is 0 Å². The van der Waals surface area contributed by atoms with Crippen molar-refractivity contribution in [1.82, 2.24) is 9.97 Å². The first-order valence-corrected chi connectivity index (χ1v) is 3.19. The average Bonchev–Trinajstić information content (AvgIpc) is 1.98. The summed E-state index contributed by atoms with van der Waals surface area (Å²) in [6.45, 7) is 1.70. The van der Waals surface area contributed by atoms with Crippen LogP contribution in [0.25, 0.3) is 0 Å². The molecule has 11 heavy (non-hydrogen) atoms. The molecule has 1 N–H and O–H groups in total. The zero-order chi connectivity index (χ0) is 8.27. The number of hydrogen-bond acceptors (Lipinski definition) is 4. The number of nitrogens with zero attached hydrogens (tertiary/aromatic N) is 2. The zero-order valence-electron chi connectivity index (χ0n) is 6.11. The number of carbonyl (C=O) groups is 1. The predicted molar refractivity (Wildman–Crippen MR) is 38.2 cm³/mol. The molecule has 1 aromatic rings. The summed E-state index contributed by atoms with van der Waals surface area (Å²) in [5.74, 6) is 0.530. The van der Waals surface area contributed by atoms with Gasteiger partial charge in [0.25, 0.3) is 0 Å². The third-order valence-electron chi connectivity index (χ3n) is 1.24. The van der Waals surface area contributed by atoms with Gasteiger partial charge in [0.05, 0.1) is 11.9 Å². The van der Waals surface area contributed by atoms with Crippen LogP contribution in [0.3, 0.4) is 0 Å². The normalized spacial score (nSPS) is 9.55. The van der Waals surface area contributed by atoms with E-state index in [9.17, 15) is 4.79 Å². The lowest BCUT2D eigenvalue weighted by Gasteiger charge is -1.98. The highest BCUT2D eigenvalue weighted by molar-refractivity contribution is 5.55. The molecule has 0 unspecified atom stereocenters. The van der Waals surface area contributed by atoms with Crippen LogP contribution in [0.5, 0.6) is 5.75 Å². The van der Waals surface area contributed by atoms with Gasteiger partial charge in [-0.1, -0.05) is 0 Å². The molecule has 4 nitrogen and oxygen atoms in total. The lowest BCUT2D eigenvalue weighted by Crippen LogP contribution is -1.95. The first-order valence-electron chi connectivity index (χ1n) is 3.19. The second kappa shape index (κ2) is 3.09. The van der Waals surface area contributed by atoms with Gasteiger partial charge in [-0.15, -0.1) is 0 Å². The third-order valence-corrected chi connectivity index (χ3v) is 1.24. The first-order chi connectivity index (χ1) is 5.24. The van der Waals surface area contributed by atoms with Crippen molar-refractivity contribution < 1.29 is 9.90 Å². The Labute approximate surface area is 63.9 Å². The van der Waals surface area contributed by atoms with Gasteiger partial charge in [0.15, 0.2) is 5.75 Å². The Morgan fingerprint density at radius 3 is 3.09 bits per heavy atom. The number of aldehydes is 1. The van der Waals surface area contributed by atoms with Gasteiger partial charge >= 0.3 is 0 Å². The van der Waals surface area contributed by atoms with E-state index in [1.54, 1.807) is 6.92 Å². The molecule has 4 heteroatoms. The Morgan fingerprint density at radius 2 is 2.45 bits per heavy atom. The molecule has 0 saturated carbocycles. The molecule has 0 spiro atoms. The van der Waals surface area contributed by atoms with Crippen LogP contribution in [0.2, 0.25) is 0 Å². The molecule has 0 bridgehead atoms. The molecule has 58 valence electrons. The van der Waals surface area contributed by atoms with E-state index >= 15 is 0 Å². The van der Waals surface area contributed by atoms with E-state index in [1.807, 2.05) is 0 Å². The summed E-state index contributed by atoms with van der Waals surface area (Å²) < 4.78 is 0. The fourth-order valence-corrected chi connectivity index (χ4v) is 0.740. The van der Waals surface area contributed by atoms with Crippen molar-refractivity contribution in [3.63, 3.8) is 0 Å². The van der Waals surface area contributed by atoms with Crippen molar-refractivity contribution in [3.05, 3.63) is 17.7 Å². The third kappa shape index (κ3) is 1.73. The van der Waals surface area contributed by atoms with Crippen molar-refractivity contribution >= 4 is 6.29 Å². The van der Waals surface area contributed by atoms with Crippen LogP contribution in [0, 0.1) is 6.92 Å².